The summed E-state index contributed by atoms with van der Waals surface area (Å²) in [5.74, 6) is 1.90. The Bertz CT molecular complexity index is 190. The molecule has 0 saturated carbocycles. The summed E-state index contributed by atoms with van der Waals surface area (Å²) in [7, 11) is 0. The summed E-state index contributed by atoms with van der Waals surface area (Å²) in [6.45, 7) is 1.39. The molecule has 0 aromatic heterocycles. The van der Waals surface area contributed by atoms with E-state index in [-0.39, 0.29) is 6.04 Å². The molecule has 13 heavy (non-hydrogen) atoms. The number of thioether (sulfide) groups is 1. The second kappa shape index (κ2) is 3.74. The van der Waals surface area contributed by atoms with E-state index < -0.39 is 18.3 Å². The Morgan fingerprint density at radius 2 is 1.92 bits per heavy atom. The second-order valence-electron chi connectivity index (χ2n) is 3.69. The van der Waals surface area contributed by atoms with Crippen molar-refractivity contribution in [3.8, 4) is 0 Å². The molecule has 0 aromatic rings. The maximum Gasteiger partial charge on any atom is 0.109 e. The number of piperidine rings is 1. The fourth-order valence-electron chi connectivity index (χ4n) is 2.00. The minimum absolute atomic E-state index is 0.0251. The first-order chi connectivity index (χ1) is 6.20. The van der Waals surface area contributed by atoms with Crippen molar-refractivity contribution in [1.29, 1.82) is 0 Å². The lowest BCUT2D eigenvalue weighted by molar-refractivity contribution is -0.131. The monoisotopic (exact) mass is 205 g/mol. The third-order valence-corrected chi connectivity index (χ3v) is 3.89. The summed E-state index contributed by atoms with van der Waals surface area (Å²) in [6.07, 6.45) is -2.56. The first-order valence-electron chi connectivity index (χ1n) is 4.56. The van der Waals surface area contributed by atoms with Crippen LogP contribution in [0, 0.1) is 0 Å². The molecule has 2 aliphatic rings. The van der Waals surface area contributed by atoms with Gasteiger partial charge in [-0.2, -0.15) is 11.8 Å². The molecule has 3 N–H and O–H groups in total. The molecule has 4 atom stereocenters. The number of nitrogens with zero attached hydrogens (tertiary/aromatic N) is 1. The van der Waals surface area contributed by atoms with Crippen LogP contribution >= 0.6 is 11.8 Å². The molecule has 2 heterocycles. The number of rotatable bonds is 0. The van der Waals surface area contributed by atoms with Crippen LogP contribution in [-0.2, 0) is 0 Å². The molecule has 0 aromatic carbocycles. The molecule has 0 unspecified atom stereocenters. The van der Waals surface area contributed by atoms with Crippen LogP contribution in [0.5, 0.6) is 0 Å². The average Bonchev–Trinajstić information content (AvgIpc) is 2.15. The fraction of sp³-hybridized carbons (Fsp3) is 1.00. The van der Waals surface area contributed by atoms with Crippen molar-refractivity contribution in [2.75, 3.05) is 24.6 Å². The van der Waals surface area contributed by atoms with Gasteiger partial charge in [0.2, 0.25) is 0 Å². The zero-order valence-corrected chi connectivity index (χ0v) is 8.15. The van der Waals surface area contributed by atoms with Gasteiger partial charge in [-0.1, -0.05) is 0 Å². The topological polar surface area (TPSA) is 63.9 Å². The van der Waals surface area contributed by atoms with Crippen molar-refractivity contribution >= 4 is 11.8 Å². The van der Waals surface area contributed by atoms with E-state index in [1.54, 1.807) is 11.8 Å². The third-order valence-electron chi connectivity index (χ3n) is 2.84. The Balaban J connectivity index is 2.08. The SMILES string of the molecule is O[C@H]1[C@H](O)[C@H]2CSCCN2C[C@H]1O. The first-order valence-corrected chi connectivity index (χ1v) is 5.71. The molecule has 0 amide bonds. The molecule has 0 spiro atoms. The van der Waals surface area contributed by atoms with Gasteiger partial charge in [-0.3, -0.25) is 4.90 Å². The number of hydrogen-bond donors (Lipinski definition) is 3. The average molecular weight is 205 g/mol. The van der Waals surface area contributed by atoms with Gasteiger partial charge in [0, 0.05) is 30.6 Å². The molecule has 2 fully saturated rings. The minimum Gasteiger partial charge on any atom is -0.389 e. The van der Waals surface area contributed by atoms with Crippen LogP contribution in [-0.4, -0.2) is 69.2 Å². The van der Waals surface area contributed by atoms with Crippen LogP contribution in [0.1, 0.15) is 0 Å². The van der Waals surface area contributed by atoms with E-state index in [9.17, 15) is 15.3 Å². The zero-order chi connectivity index (χ0) is 9.42. The van der Waals surface area contributed by atoms with E-state index in [4.69, 9.17) is 0 Å². The van der Waals surface area contributed by atoms with Crippen molar-refractivity contribution in [1.82, 2.24) is 4.90 Å². The quantitative estimate of drug-likeness (QED) is 0.449. The summed E-state index contributed by atoms with van der Waals surface area (Å²) >= 11 is 1.79. The van der Waals surface area contributed by atoms with Gasteiger partial charge in [-0.25, -0.2) is 0 Å². The summed E-state index contributed by atoms with van der Waals surface area (Å²) in [4.78, 5) is 2.07. The van der Waals surface area contributed by atoms with E-state index in [0.717, 1.165) is 18.1 Å². The molecule has 5 heteroatoms. The van der Waals surface area contributed by atoms with E-state index in [2.05, 4.69) is 4.90 Å². The highest BCUT2D eigenvalue weighted by Crippen LogP contribution is 2.25. The van der Waals surface area contributed by atoms with Crippen LogP contribution in [0.3, 0.4) is 0 Å². The smallest absolute Gasteiger partial charge is 0.109 e. The second-order valence-corrected chi connectivity index (χ2v) is 4.84. The third kappa shape index (κ3) is 1.71. The predicted octanol–water partition coefficient (Wildman–Crippen LogP) is -1.50. The largest absolute Gasteiger partial charge is 0.389 e. The Labute approximate surface area is 81.5 Å². The summed E-state index contributed by atoms with van der Waals surface area (Å²) < 4.78 is 0. The van der Waals surface area contributed by atoms with Crippen molar-refractivity contribution in [2.24, 2.45) is 0 Å². The minimum atomic E-state index is -0.972. The van der Waals surface area contributed by atoms with E-state index in [1.165, 1.54) is 0 Å². The molecule has 4 nitrogen and oxygen atoms in total. The van der Waals surface area contributed by atoms with Crippen molar-refractivity contribution < 1.29 is 15.3 Å². The predicted molar refractivity (Wildman–Crippen MR) is 50.7 cm³/mol. The van der Waals surface area contributed by atoms with Crippen molar-refractivity contribution in [3.05, 3.63) is 0 Å². The Morgan fingerprint density at radius 1 is 1.15 bits per heavy atom. The molecular formula is C8H15NO3S. The number of hydrogen-bond acceptors (Lipinski definition) is 5. The van der Waals surface area contributed by atoms with Crippen LogP contribution in [0.25, 0.3) is 0 Å². The van der Waals surface area contributed by atoms with Gasteiger partial charge in [0.1, 0.15) is 6.10 Å². The highest BCUT2D eigenvalue weighted by atomic mass is 32.2. The van der Waals surface area contributed by atoms with Gasteiger partial charge in [-0.15, -0.1) is 0 Å². The molecule has 2 saturated heterocycles. The highest BCUT2D eigenvalue weighted by Gasteiger charge is 2.42. The lowest BCUT2D eigenvalue weighted by atomic mass is 9.95. The maximum absolute atomic E-state index is 9.68. The van der Waals surface area contributed by atoms with Gasteiger partial charge in [0.05, 0.1) is 12.2 Å². The number of aliphatic hydroxyl groups excluding tert-OH is 3. The Kier molecular flexibility index (Phi) is 2.80. The molecule has 0 radical (unpaired) electrons. The number of fused-ring (bicyclic) bond motifs is 1. The molecule has 2 rings (SSSR count). The van der Waals surface area contributed by atoms with E-state index >= 15 is 0 Å². The van der Waals surface area contributed by atoms with Gasteiger partial charge < -0.3 is 15.3 Å². The van der Waals surface area contributed by atoms with Crippen LogP contribution < -0.4 is 0 Å². The summed E-state index contributed by atoms with van der Waals surface area (Å²) in [5.41, 5.74) is 0. The van der Waals surface area contributed by atoms with Gasteiger partial charge >= 0.3 is 0 Å². The lowest BCUT2D eigenvalue weighted by Gasteiger charge is -2.45. The molecule has 0 aliphatic carbocycles. The van der Waals surface area contributed by atoms with E-state index in [1.807, 2.05) is 0 Å². The van der Waals surface area contributed by atoms with Crippen molar-refractivity contribution in [2.45, 2.75) is 24.4 Å². The van der Waals surface area contributed by atoms with E-state index in [0.29, 0.717) is 6.54 Å². The lowest BCUT2D eigenvalue weighted by Crippen LogP contribution is -2.63. The fourth-order valence-corrected chi connectivity index (χ4v) is 3.18. The maximum atomic E-state index is 9.68. The first kappa shape index (κ1) is 9.73. The van der Waals surface area contributed by atoms with Gasteiger partial charge in [-0.05, 0) is 0 Å². The van der Waals surface area contributed by atoms with Crippen LogP contribution in [0.15, 0.2) is 0 Å². The molecule has 2 aliphatic heterocycles. The molecule has 76 valence electrons. The summed E-state index contributed by atoms with van der Waals surface area (Å²) in [6, 6.07) is 0.0251. The van der Waals surface area contributed by atoms with Crippen molar-refractivity contribution in [3.63, 3.8) is 0 Å². The van der Waals surface area contributed by atoms with Crippen LogP contribution in [0.2, 0.25) is 0 Å². The van der Waals surface area contributed by atoms with Gasteiger partial charge in [0.25, 0.3) is 0 Å². The zero-order valence-electron chi connectivity index (χ0n) is 7.33. The van der Waals surface area contributed by atoms with Gasteiger partial charge in [0.15, 0.2) is 0 Å². The van der Waals surface area contributed by atoms with Crippen LogP contribution in [0.4, 0.5) is 0 Å². The number of aliphatic hydroxyl groups is 3. The Morgan fingerprint density at radius 3 is 2.69 bits per heavy atom. The summed E-state index contributed by atoms with van der Waals surface area (Å²) in [5, 5.41) is 28.6. The highest BCUT2D eigenvalue weighted by molar-refractivity contribution is 7.99. The normalized spacial score (nSPS) is 47.3. The standard InChI is InChI=1S/C8H15NO3S/c10-6-3-9-1-2-13-4-5(9)7(11)8(6)12/h5-8,10-12H,1-4H2/t5-,6-,7-,8-/m1/s1. The molecule has 0 bridgehead atoms. The molecular weight excluding hydrogens is 190 g/mol. The Hall–Kier alpha value is 0.190.